The molecule has 0 saturated carbocycles. The van der Waals surface area contributed by atoms with Crippen molar-refractivity contribution in [2.24, 2.45) is 5.10 Å². The van der Waals surface area contributed by atoms with Crippen molar-refractivity contribution in [1.29, 1.82) is 0 Å². The Morgan fingerprint density at radius 2 is 2.10 bits per heavy atom. The highest BCUT2D eigenvalue weighted by Crippen LogP contribution is 2.32. The topological polar surface area (TPSA) is 83.8 Å². The third kappa shape index (κ3) is 5.07. The largest absolute Gasteiger partial charge is 0.504 e. The summed E-state index contributed by atoms with van der Waals surface area (Å²) >= 11 is 7.36. The van der Waals surface area contributed by atoms with Crippen molar-refractivity contribution >= 4 is 35.1 Å². The summed E-state index contributed by atoms with van der Waals surface area (Å²) in [6, 6.07) is 10.9. The lowest BCUT2D eigenvalue weighted by Gasteiger charge is -2.06. The lowest BCUT2D eigenvalue weighted by molar-refractivity contribution is -0.0512. The van der Waals surface area contributed by atoms with E-state index >= 15 is 0 Å². The van der Waals surface area contributed by atoms with E-state index in [9.17, 15) is 18.7 Å². The molecule has 3 rings (SSSR count). The summed E-state index contributed by atoms with van der Waals surface area (Å²) in [7, 11) is 0. The van der Waals surface area contributed by atoms with Gasteiger partial charge in [0.2, 0.25) is 0 Å². The number of nitrogens with zero attached hydrogens (tertiary/aromatic N) is 2. The van der Waals surface area contributed by atoms with Gasteiger partial charge >= 0.3 is 6.61 Å². The molecule has 0 radical (unpaired) electrons. The number of hydrogen-bond donors (Lipinski definition) is 2. The number of phenols is 1. The SMILES string of the molecule is Cc1nc(-c2ccccc2Cl)sc1C(=O)N/N=C/c1ccc(OC(F)F)c(O)c1. The van der Waals surface area contributed by atoms with E-state index < -0.39 is 18.3 Å². The van der Waals surface area contributed by atoms with Gasteiger partial charge in [0, 0.05) is 5.56 Å². The van der Waals surface area contributed by atoms with Gasteiger partial charge in [-0.25, -0.2) is 10.4 Å². The molecule has 0 saturated heterocycles. The number of hydrogen-bond acceptors (Lipinski definition) is 6. The van der Waals surface area contributed by atoms with Crippen LogP contribution in [0.2, 0.25) is 5.02 Å². The molecule has 2 aromatic carbocycles. The van der Waals surface area contributed by atoms with Gasteiger partial charge in [0.05, 0.1) is 16.9 Å². The van der Waals surface area contributed by atoms with E-state index in [-0.39, 0.29) is 5.75 Å². The Morgan fingerprint density at radius 3 is 2.79 bits per heavy atom. The number of aromatic hydroxyl groups is 1. The van der Waals surface area contributed by atoms with Crippen molar-refractivity contribution in [1.82, 2.24) is 10.4 Å². The molecule has 0 fully saturated rings. The summed E-state index contributed by atoms with van der Waals surface area (Å²) in [5.74, 6) is -1.28. The number of carbonyl (C=O) groups excluding carboxylic acids is 1. The monoisotopic (exact) mass is 437 g/mol. The van der Waals surface area contributed by atoms with Crippen LogP contribution >= 0.6 is 22.9 Å². The molecular formula is C19H14ClF2N3O3S. The average Bonchev–Trinajstić information content (AvgIpc) is 3.05. The van der Waals surface area contributed by atoms with Gasteiger partial charge in [-0.1, -0.05) is 29.8 Å². The van der Waals surface area contributed by atoms with Crippen LogP contribution in [0.1, 0.15) is 20.9 Å². The van der Waals surface area contributed by atoms with E-state index in [1.54, 1.807) is 19.1 Å². The second-order valence-corrected chi connectivity index (χ2v) is 7.12. The van der Waals surface area contributed by atoms with Crippen LogP contribution in [-0.4, -0.2) is 28.8 Å². The number of halogens is 3. The molecule has 1 aromatic heterocycles. The van der Waals surface area contributed by atoms with Gasteiger partial charge in [-0.2, -0.15) is 13.9 Å². The maximum absolute atomic E-state index is 12.4. The van der Waals surface area contributed by atoms with E-state index in [2.05, 4.69) is 20.2 Å². The number of aryl methyl sites for hydroxylation is 1. The number of alkyl halides is 2. The number of ether oxygens (including phenoxy) is 1. The molecule has 29 heavy (non-hydrogen) atoms. The minimum Gasteiger partial charge on any atom is -0.504 e. The van der Waals surface area contributed by atoms with Gasteiger partial charge < -0.3 is 9.84 Å². The summed E-state index contributed by atoms with van der Waals surface area (Å²) in [4.78, 5) is 17.2. The van der Waals surface area contributed by atoms with E-state index in [1.807, 2.05) is 12.1 Å². The Kier molecular flexibility index (Phi) is 6.40. The van der Waals surface area contributed by atoms with Gasteiger partial charge in [0.15, 0.2) is 11.5 Å². The fourth-order valence-electron chi connectivity index (χ4n) is 2.38. The van der Waals surface area contributed by atoms with Gasteiger partial charge in [0.25, 0.3) is 5.91 Å². The molecule has 0 bridgehead atoms. The summed E-state index contributed by atoms with van der Waals surface area (Å²) in [5, 5.41) is 14.6. The fourth-order valence-corrected chi connectivity index (χ4v) is 3.66. The molecule has 0 spiro atoms. The number of nitrogens with one attached hydrogen (secondary N) is 1. The Labute approximate surface area is 173 Å². The van der Waals surface area contributed by atoms with Crippen LogP contribution < -0.4 is 10.2 Å². The molecule has 0 aliphatic rings. The third-order valence-electron chi connectivity index (χ3n) is 3.69. The first-order valence-corrected chi connectivity index (χ1v) is 9.38. The number of carbonyl (C=O) groups is 1. The molecule has 1 amide bonds. The van der Waals surface area contributed by atoms with Crippen molar-refractivity contribution in [2.45, 2.75) is 13.5 Å². The molecule has 1 heterocycles. The maximum Gasteiger partial charge on any atom is 0.387 e. The van der Waals surface area contributed by atoms with E-state index in [1.165, 1.54) is 35.8 Å². The fraction of sp³-hybridized carbons (Fsp3) is 0.105. The zero-order valence-corrected chi connectivity index (χ0v) is 16.5. The number of benzene rings is 2. The van der Waals surface area contributed by atoms with E-state index in [0.29, 0.717) is 26.2 Å². The molecule has 0 atom stereocenters. The Bertz CT molecular complexity index is 1070. The zero-order chi connectivity index (χ0) is 21.0. The van der Waals surface area contributed by atoms with E-state index in [0.717, 1.165) is 5.56 Å². The summed E-state index contributed by atoms with van der Waals surface area (Å²) in [6.45, 7) is -1.34. The Hall–Kier alpha value is -3.04. The summed E-state index contributed by atoms with van der Waals surface area (Å²) in [5.41, 5.74) is 4.01. The number of hydrazone groups is 1. The van der Waals surface area contributed by atoms with Crippen LogP contribution in [0.4, 0.5) is 8.78 Å². The first-order valence-electron chi connectivity index (χ1n) is 8.18. The molecule has 2 N–H and O–H groups in total. The molecule has 150 valence electrons. The highest BCUT2D eigenvalue weighted by atomic mass is 35.5. The predicted molar refractivity (Wildman–Crippen MR) is 107 cm³/mol. The van der Waals surface area contributed by atoms with Crippen LogP contribution in [0.5, 0.6) is 11.5 Å². The highest BCUT2D eigenvalue weighted by Gasteiger charge is 2.17. The number of aromatic nitrogens is 1. The summed E-state index contributed by atoms with van der Waals surface area (Å²) in [6.07, 6.45) is 1.26. The molecule has 6 nitrogen and oxygen atoms in total. The number of thiazole rings is 1. The molecule has 3 aromatic rings. The average molecular weight is 438 g/mol. The van der Waals surface area contributed by atoms with Crippen molar-refractivity contribution in [3.63, 3.8) is 0 Å². The zero-order valence-electron chi connectivity index (χ0n) is 14.9. The smallest absolute Gasteiger partial charge is 0.387 e. The maximum atomic E-state index is 12.4. The first-order chi connectivity index (χ1) is 13.8. The second-order valence-electron chi connectivity index (χ2n) is 5.72. The number of amides is 1. The van der Waals surface area contributed by atoms with Crippen LogP contribution in [0.15, 0.2) is 47.6 Å². The van der Waals surface area contributed by atoms with Crippen molar-refractivity contribution in [3.8, 4) is 22.1 Å². The number of rotatable bonds is 6. The van der Waals surface area contributed by atoms with Crippen molar-refractivity contribution in [3.05, 3.63) is 63.6 Å². The van der Waals surface area contributed by atoms with Crippen LogP contribution in [0.3, 0.4) is 0 Å². The standard InChI is InChI=1S/C19H14ClF2N3O3S/c1-10-16(29-18(24-10)12-4-2-3-5-13(12)20)17(27)25-23-9-11-6-7-15(14(26)8-11)28-19(21)22/h2-9,19,26H,1H3,(H,25,27)/b23-9+. The van der Waals surface area contributed by atoms with Crippen molar-refractivity contribution < 1.29 is 23.4 Å². The summed E-state index contributed by atoms with van der Waals surface area (Å²) < 4.78 is 28.5. The van der Waals surface area contributed by atoms with Crippen LogP contribution in [-0.2, 0) is 0 Å². The first kappa shape index (κ1) is 20.7. The normalized spacial score (nSPS) is 11.2. The Morgan fingerprint density at radius 1 is 1.34 bits per heavy atom. The molecule has 0 aliphatic carbocycles. The lowest BCUT2D eigenvalue weighted by Crippen LogP contribution is -2.17. The van der Waals surface area contributed by atoms with Gasteiger partial charge in [-0.15, -0.1) is 11.3 Å². The second kappa shape index (κ2) is 8.97. The number of phenolic OH excluding ortho intramolecular Hbond substituents is 1. The van der Waals surface area contributed by atoms with E-state index in [4.69, 9.17) is 11.6 Å². The third-order valence-corrected chi connectivity index (χ3v) is 5.20. The predicted octanol–water partition coefficient (Wildman–Crippen LogP) is 4.84. The van der Waals surface area contributed by atoms with Crippen molar-refractivity contribution in [2.75, 3.05) is 0 Å². The lowest BCUT2D eigenvalue weighted by atomic mass is 10.2. The Balaban J connectivity index is 1.70. The molecule has 0 aliphatic heterocycles. The van der Waals surface area contributed by atoms with Gasteiger partial charge in [0.1, 0.15) is 9.88 Å². The molecular weight excluding hydrogens is 424 g/mol. The quantitative estimate of drug-likeness (QED) is 0.427. The van der Waals surface area contributed by atoms with Gasteiger partial charge in [-0.3, -0.25) is 4.79 Å². The van der Waals surface area contributed by atoms with Gasteiger partial charge in [-0.05, 0) is 36.8 Å². The molecule has 0 unspecified atom stereocenters. The van der Waals surface area contributed by atoms with Crippen LogP contribution in [0.25, 0.3) is 10.6 Å². The van der Waals surface area contributed by atoms with Crippen LogP contribution in [0, 0.1) is 6.92 Å². The minimum atomic E-state index is -3.04. The highest BCUT2D eigenvalue weighted by molar-refractivity contribution is 7.17. The minimum absolute atomic E-state index is 0.353. The molecule has 10 heteroatoms.